The minimum absolute atomic E-state index is 0.0727. The Morgan fingerprint density at radius 1 is 1.23 bits per heavy atom. The number of phenolic OH excluding ortho intramolecular Hbond substituents is 1. The third kappa shape index (κ3) is 3.27. The van der Waals surface area contributed by atoms with Crippen LogP contribution in [-0.2, 0) is 4.74 Å². The summed E-state index contributed by atoms with van der Waals surface area (Å²) in [6, 6.07) is 6.11. The highest BCUT2D eigenvalue weighted by atomic mass is 16.5. The van der Waals surface area contributed by atoms with Gasteiger partial charge in [0.05, 0.1) is 11.2 Å². The predicted octanol–water partition coefficient (Wildman–Crippen LogP) is 4.46. The van der Waals surface area contributed by atoms with Crippen LogP contribution >= 0.6 is 0 Å². The van der Waals surface area contributed by atoms with Crippen LogP contribution in [0.15, 0.2) is 35.9 Å². The molecule has 0 aromatic heterocycles. The number of aliphatic hydroxyl groups is 1. The lowest BCUT2D eigenvalue weighted by molar-refractivity contribution is -0.112. The van der Waals surface area contributed by atoms with Crippen molar-refractivity contribution in [2.45, 2.75) is 65.1 Å². The topological polar surface area (TPSA) is 66.8 Å². The molecule has 3 rings (SSSR count). The van der Waals surface area contributed by atoms with Gasteiger partial charge in [-0.2, -0.15) is 0 Å². The molecule has 4 atom stereocenters. The first kappa shape index (κ1) is 19.0. The molecule has 0 heterocycles. The number of benzene rings is 1. The maximum Gasteiger partial charge on any atom is 0.338 e. The minimum Gasteiger partial charge on any atom is -0.508 e. The first-order chi connectivity index (χ1) is 12.2. The number of carbonyl (C=O) groups is 1. The largest absolute Gasteiger partial charge is 0.508 e. The van der Waals surface area contributed by atoms with E-state index < -0.39 is 11.6 Å². The van der Waals surface area contributed by atoms with Crippen molar-refractivity contribution in [2.75, 3.05) is 0 Å². The molecule has 2 aliphatic rings. The van der Waals surface area contributed by atoms with E-state index in [2.05, 4.69) is 33.8 Å². The third-order valence-corrected chi connectivity index (χ3v) is 6.56. The van der Waals surface area contributed by atoms with Crippen molar-refractivity contribution in [3.63, 3.8) is 0 Å². The van der Waals surface area contributed by atoms with Gasteiger partial charge in [0.1, 0.15) is 11.9 Å². The van der Waals surface area contributed by atoms with Crippen molar-refractivity contribution in [1.29, 1.82) is 0 Å². The minimum atomic E-state index is -0.826. The Hall–Kier alpha value is -1.81. The lowest BCUT2D eigenvalue weighted by Gasteiger charge is -2.43. The van der Waals surface area contributed by atoms with Gasteiger partial charge >= 0.3 is 5.97 Å². The Morgan fingerprint density at radius 3 is 2.50 bits per heavy atom. The van der Waals surface area contributed by atoms with Gasteiger partial charge in [0.15, 0.2) is 0 Å². The van der Waals surface area contributed by atoms with E-state index in [4.69, 9.17) is 4.74 Å². The maximum absolute atomic E-state index is 12.7. The molecule has 1 aromatic rings. The van der Waals surface area contributed by atoms with E-state index in [0.717, 1.165) is 19.3 Å². The number of hydrogen-bond donors (Lipinski definition) is 2. The summed E-state index contributed by atoms with van der Waals surface area (Å²) in [7, 11) is 0. The lowest BCUT2D eigenvalue weighted by atomic mass is 9.67. The molecule has 1 saturated carbocycles. The highest BCUT2D eigenvalue weighted by Gasteiger charge is 2.59. The molecular weight excluding hydrogens is 328 g/mol. The third-order valence-electron chi connectivity index (χ3n) is 6.56. The molecule has 4 heteroatoms. The quantitative estimate of drug-likeness (QED) is 0.618. The molecule has 1 aromatic carbocycles. The molecule has 0 radical (unpaired) electrons. The number of esters is 1. The molecule has 0 spiro atoms. The molecule has 4 nitrogen and oxygen atoms in total. The number of aromatic hydroxyl groups is 1. The van der Waals surface area contributed by atoms with Gasteiger partial charge in [-0.15, -0.1) is 0 Å². The fraction of sp³-hybridized carbons (Fsp3) is 0.591. The van der Waals surface area contributed by atoms with Crippen LogP contribution in [0.5, 0.6) is 5.75 Å². The summed E-state index contributed by atoms with van der Waals surface area (Å²) in [5.41, 5.74) is 0.723. The Morgan fingerprint density at radius 2 is 1.88 bits per heavy atom. The van der Waals surface area contributed by atoms with E-state index >= 15 is 0 Å². The number of carbonyl (C=O) groups excluding carboxylic acids is 1. The highest BCUT2D eigenvalue weighted by molar-refractivity contribution is 5.89. The summed E-state index contributed by atoms with van der Waals surface area (Å²) in [5, 5.41) is 20.9. The van der Waals surface area contributed by atoms with E-state index in [1.807, 2.05) is 0 Å². The smallest absolute Gasteiger partial charge is 0.338 e. The van der Waals surface area contributed by atoms with Crippen LogP contribution in [0, 0.1) is 17.3 Å². The van der Waals surface area contributed by atoms with Crippen LogP contribution in [0.3, 0.4) is 0 Å². The van der Waals surface area contributed by atoms with Crippen molar-refractivity contribution < 1.29 is 19.7 Å². The number of rotatable bonds is 3. The Bertz CT molecular complexity index is 705. The predicted molar refractivity (Wildman–Crippen MR) is 101 cm³/mol. The molecule has 2 aliphatic carbocycles. The molecule has 0 bridgehead atoms. The summed E-state index contributed by atoms with van der Waals surface area (Å²) < 4.78 is 5.97. The van der Waals surface area contributed by atoms with Crippen molar-refractivity contribution in [3.8, 4) is 5.75 Å². The van der Waals surface area contributed by atoms with E-state index in [9.17, 15) is 15.0 Å². The summed E-state index contributed by atoms with van der Waals surface area (Å²) in [5.74, 6) is -0.273. The molecule has 26 heavy (non-hydrogen) atoms. The molecule has 0 saturated heterocycles. The van der Waals surface area contributed by atoms with E-state index in [1.54, 1.807) is 12.1 Å². The summed E-state index contributed by atoms with van der Waals surface area (Å²) in [6.45, 7) is 8.39. The first-order valence-electron chi connectivity index (χ1n) is 9.54. The highest BCUT2D eigenvalue weighted by Crippen LogP contribution is 2.58. The van der Waals surface area contributed by atoms with Crippen LogP contribution < -0.4 is 0 Å². The van der Waals surface area contributed by atoms with Gasteiger partial charge in [-0.3, -0.25) is 0 Å². The average Bonchev–Trinajstić information content (AvgIpc) is 2.78. The monoisotopic (exact) mass is 358 g/mol. The fourth-order valence-corrected chi connectivity index (χ4v) is 4.89. The molecule has 0 amide bonds. The number of ether oxygens (including phenoxy) is 1. The molecular formula is C22H30O4. The van der Waals surface area contributed by atoms with Crippen LogP contribution in [0.2, 0.25) is 0 Å². The van der Waals surface area contributed by atoms with Gasteiger partial charge in [0.2, 0.25) is 0 Å². The number of hydrogen-bond acceptors (Lipinski definition) is 4. The van der Waals surface area contributed by atoms with Gasteiger partial charge < -0.3 is 14.9 Å². The molecule has 1 fully saturated rings. The Kier molecular flexibility index (Phi) is 4.91. The van der Waals surface area contributed by atoms with E-state index in [1.165, 1.54) is 17.7 Å². The standard InChI is InChI=1S/C22H30O4/c1-14(2)22(25)12-11-21(4)10-9-15(3)13-18(19(21)22)26-20(24)16-5-7-17(23)8-6-16/h5-9,14,18-19,23,25H,10-13H2,1-4H3/t18-,19-,21-,22-/m1/s1. The number of phenols is 1. The van der Waals surface area contributed by atoms with Crippen LogP contribution in [0.1, 0.15) is 63.7 Å². The SMILES string of the molecule is CC1=CC[C@]2(C)CC[C@@](O)(C(C)C)[C@@H]2[C@H](OC(=O)c2ccc(O)cc2)C1. The van der Waals surface area contributed by atoms with Crippen molar-refractivity contribution >= 4 is 5.97 Å². The van der Waals surface area contributed by atoms with Crippen LogP contribution in [0.4, 0.5) is 0 Å². The summed E-state index contributed by atoms with van der Waals surface area (Å²) in [6.07, 6.45) is 5.13. The fourth-order valence-electron chi connectivity index (χ4n) is 4.89. The van der Waals surface area contributed by atoms with E-state index in [-0.39, 0.29) is 29.1 Å². The second kappa shape index (κ2) is 6.73. The maximum atomic E-state index is 12.7. The molecule has 142 valence electrons. The van der Waals surface area contributed by atoms with Crippen LogP contribution in [-0.4, -0.2) is 27.9 Å². The van der Waals surface area contributed by atoms with Crippen molar-refractivity contribution in [2.24, 2.45) is 17.3 Å². The summed E-state index contributed by atoms with van der Waals surface area (Å²) in [4.78, 5) is 12.7. The number of allylic oxidation sites excluding steroid dienone is 1. The van der Waals surface area contributed by atoms with Crippen molar-refractivity contribution in [1.82, 2.24) is 0 Å². The zero-order chi connectivity index (χ0) is 19.1. The molecule has 0 unspecified atom stereocenters. The van der Waals surface area contributed by atoms with Gasteiger partial charge in [-0.05, 0) is 61.8 Å². The van der Waals surface area contributed by atoms with Gasteiger partial charge in [-0.1, -0.05) is 32.4 Å². The average molecular weight is 358 g/mol. The van der Waals surface area contributed by atoms with Gasteiger partial charge in [0, 0.05) is 12.3 Å². The Balaban J connectivity index is 1.92. The Labute approximate surface area is 155 Å². The van der Waals surface area contributed by atoms with Gasteiger partial charge in [-0.25, -0.2) is 4.79 Å². The molecule has 2 N–H and O–H groups in total. The first-order valence-corrected chi connectivity index (χ1v) is 9.54. The normalized spacial score (nSPS) is 34.2. The second-order valence-electron chi connectivity index (χ2n) is 8.73. The summed E-state index contributed by atoms with van der Waals surface area (Å²) >= 11 is 0. The molecule has 0 aliphatic heterocycles. The lowest BCUT2D eigenvalue weighted by Crippen LogP contribution is -2.50. The zero-order valence-electron chi connectivity index (χ0n) is 16.2. The zero-order valence-corrected chi connectivity index (χ0v) is 16.2. The van der Waals surface area contributed by atoms with E-state index in [0.29, 0.717) is 12.0 Å². The van der Waals surface area contributed by atoms with Crippen LogP contribution in [0.25, 0.3) is 0 Å². The second-order valence-corrected chi connectivity index (χ2v) is 8.73. The van der Waals surface area contributed by atoms with Crippen molar-refractivity contribution in [3.05, 3.63) is 41.5 Å². The number of fused-ring (bicyclic) bond motifs is 1. The van der Waals surface area contributed by atoms with Gasteiger partial charge in [0.25, 0.3) is 0 Å².